The Balaban J connectivity index is 2.28. The minimum absolute atomic E-state index is 0.0293. The maximum atomic E-state index is 13.9. The molecule has 1 heterocycles. The van der Waals surface area contributed by atoms with Crippen molar-refractivity contribution in [1.29, 1.82) is 0 Å². The van der Waals surface area contributed by atoms with Crippen LogP contribution >= 0.6 is 0 Å². The molecule has 0 aliphatic carbocycles. The van der Waals surface area contributed by atoms with Crippen molar-refractivity contribution in [1.82, 2.24) is 4.90 Å². The maximum absolute atomic E-state index is 13.9. The highest BCUT2D eigenvalue weighted by Crippen LogP contribution is 2.30. The van der Waals surface area contributed by atoms with Crippen LogP contribution in [0.25, 0.3) is 0 Å². The molecule has 7 heteroatoms. The van der Waals surface area contributed by atoms with E-state index < -0.39 is 29.9 Å². The molecule has 1 aromatic carbocycles. The lowest BCUT2D eigenvalue weighted by atomic mass is 10.1. The van der Waals surface area contributed by atoms with Crippen molar-refractivity contribution in [3.63, 3.8) is 0 Å². The van der Waals surface area contributed by atoms with Gasteiger partial charge in [0, 0.05) is 13.0 Å². The van der Waals surface area contributed by atoms with Crippen molar-refractivity contribution < 1.29 is 28.2 Å². The van der Waals surface area contributed by atoms with Gasteiger partial charge in [-0.05, 0) is 12.1 Å². The molecule has 1 aromatic rings. The summed E-state index contributed by atoms with van der Waals surface area (Å²) < 4.78 is 32.6. The fourth-order valence-electron chi connectivity index (χ4n) is 2.16. The van der Waals surface area contributed by atoms with Gasteiger partial charge < -0.3 is 14.7 Å². The van der Waals surface area contributed by atoms with Crippen molar-refractivity contribution in [2.75, 3.05) is 20.2 Å². The van der Waals surface area contributed by atoms with Gasteiger partial charge in [-0.15, -0.1) is 0 Å². The normalized spacial score (nSPS) is 21.9. The number of nitrogens with zero attached hydrogens (tertiary/aromatic N) is 1. The molecule has 0 aromatic heterocycles. The second-order valence-corrected chi connectivity index (χ2v) is 4.56. The van der Waals surface area contributed by atoms with Crippen molar-refractivity contribution in [2.24, 2.45) is 0 Å². The molecule has 1 aliphatic heterocycles. The Morgan fingerprint density at radius 1 is 1.45 bits per heavy atom. The number of carbonyl (C=O) groups is 2. The molecule has 1 unspecified atom stereocenters. The minimum atomic E-state index is -2.48. The topological polar surface area (TPSA) is 66.8 Å². The van der Waals surface area contributed by atoms with Crippen LogP contribution in [0.15, 0.2) is 18.2 Å². The molecule has 0 radical (unpaired) electrons. The first-order valence-electron chi connectivity index (χ1n) is 5.93. The first kappa shape index (κ1) is 14.2. The summed E-state index contributed by atoms with van der Waals surface area (Å²) in [7, 11) is 1.28. The summed E-state index contributed by atoms with van der Waals surface area (Å²) in [4.78, 5) is 24.0. The van der Waals surface area contributed by atoms with Crippen molar-refractivity contribution in [2.45, 2.75) is 12.1 Å². The molecule has 1 N–H and O–H groups in total. The zero-order valence-corrected chi connectivity index (χ0v) is 10.7. The number of hydrogen-bond acceptors (Lipinski definition) is 3. The van der Waals surface area contributed by atoms with Crippen LogP contribution < -0.4 is 4.74 Å². The molecular weight excluding hydrogens is 272 g/mol. The van der Waals surface area contributed by atoms with Gasteiger partial charge in [0.1, 0.15) is 17.1 Å². The van der Waals surface area contributed by atoms with Crippen LogP contribution in [0.2, 0.25) is 0 Å². The number of ether oxygens (including phenoxy) is 1. The summed E-state index contributed by atoms with van der Waals surface area (Å²) in [6.07, 6.45) is -0.315. The predicted molar refractivity (Wildman–Crippen MR) is 64.9 cm³/mol. The molecule has 1 atom stereocenters. The quantitative estimate of drug-likeness (QED) is 0.913. The van der Waals surface area contributed by atoms with Crippen LogP contribution in [-0.2, 0) is 4.79 Å². The van der Waals surface area contributed by atoms with Gasteiger partial charge in [0.15, 0.2) is 0 Å². The third-order valence-electron chi connectivity index (χ3n) is 3.30. The first-order valence-corrected chi connectivity index (χ1v) is 5.93. The minimum Gasteiger partial charge on any atom is -0.496 e. The number of carbonyl (C=O) groups excluding carboxylic acids is 1. The van der Waals surface area contributed by atoms with E-state index in [0.717, 1.165) is 11.0 Å². The van der Waals surface area contributed by atoms with Crippen molar-refractivity contribution in [3.8, 4) is 5.75 Å². The Morgan fingerprint density at radius 3 is 2.70 bits per heavy atom. The van der Waals surface area contributed by atoms with E-state index in [1.807, 2.05) is 0 Å². The molecule has 0 bridgehead atoms. The van der Waals surface area contributed by atoms with Gasteiger partial charge >= 0.3 is 5.97 Å². The molecule has 0 saturated carbocycles. The lowest BCUT2D eigenvalue weighted by Crippen LogP contribution is -2.39. The van der Waals surface area contributed by atoms with E-state index in [1.54, 1.807) is 0 Å². The molecule has 20 heavy (non-hydrogen) atoms. The Bertz CT molecular complexity index is 563. The number of carboxylic acids is 1. The summed E-state index contributed by atoms with van der Waals surface area (Å²) in [5, 5.41) is 8.79. The highest BCUT2D eigenvalue weighted by Gasteiger charge is 2.47. The number of aliphatic carboxylic acids is 1. The lowest BCUT2D eigenvalue weighted by molar-refractivity contribution is -0.149. The van der Waals surface area contributed by atoms with Crippen molar-refractivity contribution in [3.05, 3.63) is 29.6 Å². The van der Waals surface area contributed by atoms with E-state index in [0.29, 0.717) is 0 Å². The van der Waals surface area contributed by atoms with Crippen LogP contribution in [0, 0.1) is 5.82 Å². The first-order chi connectivity index (χ1) is 9.39. The van der Waals surface area contributed by atoms with Crippen LogP contribution in [-0.4, -0.2) is 47.8 Å². The van der Waals surface area contributed by atoms with E-state index >= 15 is 0 Å². The lowest BCUT2D eigenvalue weighted by Gasteiger charge is -2.19. The van der Waals surface area contributed by atoms with Gasteiger partial charge in [0.2, 0.25) is 5.67 Å². The summed E-state index contributed by atoms with van der Waals surface area (Å²) >= 11 is 0. The zero-order chi connectivity index (χ0) is 14.9. The molecule has 1 aliphatic rings. The number of alkyl halides is 1. The van der Waals surface area contributed by atoms with Gasteiger partial charge in [-0.1, -0.05) is 6.07 Å². The molecule has 5 nitrogen and oxygen atoms in total. The largest absolute Gasteiger partial charge is 0.496 e. The molecule has 108 valence electrons. The average molecular weight is 285 g/mol. The van der Waals surface area contributed by atoms with E-state index in [4.69, 9.17) is 9.84 Å². The zero-order valence-electron chi connectivity index (χ0n) is 10.7. The number of rotatable bonds is 3. The number of benzene rings is 1. The molecule has 2 rings (SSSR count). The monoisotopic (exact) mass is 285 g/mol. The highest BCUT2D eigenvalue weighted by molar-refractivity contribution is 5.98. The van der Waals surface area contributed by atoms with Crippen LogP contribution in [0.4, 0.5) is 8.78 Å². The number of methoxy groups -OCH3 is 1. The summed E-state index contributed by atoms with van der Waals surface area (Å²) in [5.41, 5.74) is -2.79. The molecule has 1 fully saturated rings. The van der Waals surface area contributed by atoms with Crippen LogP contribution in [0.5, 0.6) is 5.75 Å². The van der Waals surface area contributed by atoms with Gasteiger partial charge in [-0.25, -0.2) is 13.6 Å². The Labute approximate surface area is 113 Å². The van der Waals surface area contributed by atoms with Crippen molar-refractivity contribution >= 4 is 11.9 Å². The average Bonchev–Trinajstić information content (AvgIpc) is 2.82. The van der Waals surface area contributed by atoms with Crippen LogP contribution in [0.3, 0.4) is 0 Å². The molecule has 1 amide bonds. The standard InChI is InChI=1S/C13H13F2NO4/c1-20-9-4-2-3-8(14)10(9)11(17)16-6-5-13(15,7-16)12(18)19/h2-4H,5-7H2,1H3,(H,18,19). The molecular formula is C13H13F2NO4. The fraction of sp³-hybridized carbons (Fsp3) is 0.385. The SMILES string of the molecule is COc1cccc(F)c1C(=O)N1CCC(F)(C(=O)O)C1. The maximum Gasteiger partial charge on any atom is 0.343 e. The van der Waals surface area contributed by atoms with Crippen LogP contribution in [0.1, 0.15) is 16.8 Å². The Morgan fingerprint density at radius 2 is 2.15 bits per heavy atom. The Kier molecular flexibility index (Phi) is 3.61. The number of halogens is 2. The smallest absolute Gasteiger partial charge is 0.343 e. The van der Waals surface area contributed by atoms with E-state index in [9.17, 15) is 18.4 Å². The molecule has 1 saturated heterocycles. The van der Waals surface area contributed by atoms with Gasteiger partial charge in [0.05, 0.1) is 13.7 Å². The predicted octanol–water partition coefficient (Wildman–Crippen LogP) is 1.47. The number of likely N-dealkylation sites (tertiary alicyclic amines) is 1. The third kappa shape index (κ3) is 2.31. The second-order valence-electron chi connectivity index (χ2n) is 4.56. The third-order valence-corrected chi connectivity index (χ3v) is 3.30. The van der Waals surface area contributed by atoms with Gasteiger partial charge in [-0.2, -0.15) is 0 Å². The van der Waals surface area contributed by atoms with E-state index in [-0.39, 0.29) is 24.3 Å². The number of carboxylic acid groups (broad SMARTS) is 1. The second kappa shape index (κ2) is 5.07. The highest BCUT2D eigenvalue weighted by atomic mass is 19.1. The summed E-state index contributed by atoms with van der Waals surface area (Å²) in [6, 6.07) is 3.88. The Hall–Kier alpha value is -2.18. The van der Waals surface area contributed by atoms with Gasteiger partial charge in [0.25, 0.3) is 5.91 Å². The summed E-state index contributed by atoms with van der Waals surface area (Å²) in [6.45, 7) is -0.683. The van der Waals surface area contributed by atoms with Gasteiger partial charge in [-0.3, -0.25) is 4.79 Å². The molecule has 0 spiro atoms. The van der Waals surface area contributed by atoms with E-state index in [1.165, 1.54) is 19.2 Å². The number of hydrogen-bond donors (Lipinski definition) is 1. The summed E-state index contributed by atoms with van der Waals surface area (Å²) in [5.74, 6) is -3.16. The number of amides is 1. The fourth-order valence-corrected chi connectivity index (χ4v) is 2.16. The van der Waals surface area contributed by atoms with E-state index in [2.05, 4.69) is 0 Å².